The summed E-state index contributed by atoms with van der Waals surface area (Å²) >= 11 is 0. The van der Waals surface area contributed by atoms with Crippen molar-refractivity contribution >= 4 is 11.9 Å². The molecule has 36 heavy (non-hydrogen) atoms. The lowest BCUT2D eigenvalue weighted by molar-refractivity contribution is -0.144. The molecule has 6 nitrogen and oxygen atoms in total. The number of likely N-dealkylation sites (N-methyl/N-ethyl adjacent to an activating group) is 1. The molecule has 0 N–H and O–H groups in total. The van der Waals surface area contributed by atoms with Crippen molar-refractivity contribution < 1.29 is 19.1 Å². The fourth-order valence-corrected chi connectivity index (χ4v) is 4.33. The normalized spacial score (nSPS) is 11.4. The molecule has 0 atom stereocenters. The van der Waals surface area contributed by atoms with Crippen LogP contribution in [0.4, 0.5) is 0 Å². The maximum Gasteiger partial charge on any atom is 0.305 e. The molecule has 214 valence electrons. The van der Waals surface area contributed by atoms with E-state index in [1.807, 2.05) is 0 Å². The number of carbonyl (C=O) groups excluding carboxylic acids is 2. The molecular weight excluding hydrogens is 452 g/mol. The largest absolute Gasteiger partial charge is 0.464 e. The molecule has 0 aromatic carbocycles. The first-order chi connectivity index (χ1) is 17.6. The van der Waals surface area contributed by atoms with Crippen LogP contribution in [0.15, 0.2) is 0 Å². The predicted molar refractivity (Wildman–Crippen MR) is 151 cm³/mol. The van der Waals surface area contributed by atoms with Crippen LogP contribution >= 0.6 is 0 Å². The molecule has 0 fully saturated rings. The zero-order valence-electron chi connectivity index (χ0n) is 24.5. The van der Waals surface area contributed by atoms with E-state index in [9.17, 15) is 9.59 Å². The van der Waals surface area contributed by atoms with Gasteiger partial charge in [0.2, 0.25) is 0 Å². The summed E-state index contributed by atoms with van der Waals surface area (Å²) in [5.74, 6) is -0.179. The van der Waals surface area contributed by atoms with Gasteiger partial charge in [-0.15, -0.1) is 0 Å². The first kappa shape index (κ1) is 34.9. The Kier molecular flexibility index (Phi) is 26.1. The van der Waals surface area contributed by atoms with E-state index in [-0.39, 0.29) is 11.9 Å². The van der Waals surface area contributed by atoms with Crippen LogP contribution in [0.25, 0.3) is 0 Å². The van der Waals surface area contributed by atoms with Crippen molar-refractivity contribution in [2.24, 2.45) is 0 Å². The smallest absolute Gasteiger partial charge is 0.305 e. The zero-order valence-corrected chi connectivity index (χ0v) is 24.5. The summed E-state index contributed by atoms with van der Waals surface area (Å²) in [6, 6.07) is 0. The van der Waals surface area contributed by atoms with Crippen LogP contribution in [0.3, 0.4) is 0 Å². The Morgan fingerprint density at radius 3 is 1.22 bits per heavy atom. The molecule has 0 radical (unpaired) electrons. The van der Waals surface area contributed by atoms with Gasteiger partial charge in [0.15, 0.2) is 0 Å². The fraction of sp³-hybridized carbons (Fsp3) is 0.933. The van der Waals surface area contributed by atoms with E-state index in [2.05, 4.69) is 37.5 Å². The number of unbranched alkanes of at least 4 members (excludes halogenated alkanes) is 12. The van der Waals surface area contributed by atoms with Crippen LogP contribution in [-0.4, -0.2) is 74.2 Å². The van der Waals surface area contributed by atoms with Crippen LogP contribution in [0.1, 0.15) is 130 Å². The number of nitrogens with zero attached hydrogens (tertiary/aromatic N) is 2. The molecule has 0 amide bonds. The summed E-state index contributed by atoms with van der Waals surface area (Å²) in [5.41, 5.74) is 0. The number of carbonyl (C=O) groups is 2. The van der Waals surface area contributed by atoms with Crippen molar-refractivity contribution in [1.82, 2.24) is 9.80 Å². The van der Waals surface area contributed by atoms with Gasteiger partial charge in [-0.1, -0.05) is 105 Å². The van der Waals surface area contributed by atoms with E-state index >= 15 is 0 Å². The summed E-state index contributed by atoms with van der Waals surface area (Å²) in [5, 5.41) is 0. The van der Waals surface area contributed by atoms with E-state index in [0.29, 0.717) is 39.1 Å². The van der Waals surface area contributed by atoms with E-state index in [1.54, 1.807) is 0 Å². The molecule has 0 aliphatic carbocycles. The topological polar surface area (TPSA) is 59.1 Å². The molecule has 6 heteroatoms. The summed E-state index contributed by atoms with van der Waals surface area (Å²) in [6.07, 6.45) is 17.8. The molecule has 0 aliphatic rings. The maximum absolute atomic E-state index is 12.1. The average molecular weight is 513 g/mol. The first-order valence-electron chi connectivity index (χ1n) is 15.3. The van der Waals surface area contributed by atoms with Crippen LogP contribution in [0.5, 0.6) is 0 Å². The molecule has 0 bridgehead atoms. The third-order valence-electron chi connectivity index (χ3n) is 6.94. The summed E-state index contributed by atoms with van der Waals surface area (Å²) < 4.78 is 11.0. The lowest BCUT2D eigenvalue weighted by Crippen LogP contribution is -2.39. The molecule has 0 aromatic rings. The van der Waals surface area contributed by atoms with Crippen molar-refractivity contribution in [1.29, 1.82) is 0 Å². The molecule has 0 aliphatic heterocycles. The lowest BCUT2D eigenvalue weighted by atomic mass is 10.1. The summed E-state index contributed by atoms with van der Waals surface area (Å²) in [7, 11) is 0. The standard InChI is InChI=1S/C30H60N2O4/c1-5-9-11-13-15-17-19-21-29(33)35-27-25-32(24-23-31(7-3)8-4)26-28-36-30(34)22-20-18-16-14-12-10-6-2/h5-28H2,1-4H3. The van der Waals surface area contributed by atoms with Gasteiger partial charge in [-0.2, -0.15) is 0 Å². The Morgan fingerprint density at radius 2 is 0.833 bits per heavy atom. The van der Waals surface area contributed by atoms with E-state index in [1.165, 1.54) is 64.2 Å². The molecule has 0 heterocycles. The maximum atomic E-state index is 12.1. The van der Waals surface area contributed by atoms with Gasteiger partial charge < -0.3 is 14.4 Å². The van der Waals surface area contributed by atoms with E-state index in [0.717, 1.165) is 51.9 Å². The number of hydrogen-bond acceptors (Lipinski definition) is 6. The van der Waals surface area contributed by atoms with Gasteiger partial charge in [-0.05, 0) is 25.9 Å². The number of rotatable bonds is 27. The first-order valence-corrected chi connectivity index (χ1v) is 15.3. The van der Waals surface area contributed by atoms with Crippen molar-refractivity contribution in [3.8, 4) is 0 Å². The Bertz CT molecular complexity index is 461. The Hall–Kier alpha value is -1.14. The SMILES string of the molecule is CCCCCCCCCC(=O)OCCN(CCOC(=O)CCCCCCCCC)CCN(CC)CC. The quantitative estimate of drug-likeness (QED) is 0.0872. The van der Waals surface area contributed by atoms with Crippen LogP contribution in [-0.2, 0) is 19.1 Å². The minimum atomic E-state index is -0.0895. The molecule has 0 rings (SSSR count). The minimum Gasteiger partial charge on any atom is -0.464 e. The molecule has 0 saturated heterocycles. The summed E-state index contributed by atoms with van der Waals surface area (Å²) in [6.45, 7) is 14.8. The monoisotopic (exact) mass is 512 g/mol. The third kappa shape index (κ3) is 23.3. The second kappa shape index (κ2) is 26.9. The van der Waals surface area contributed by atoms with Gasteiger partial charge in [0, 0.05) is 39.0 Å². The predicted octanol–water partition coefficient (Wildman–Crippen LogP) is 7.00. The Morgan fingerprint density at radius 1 is 0.472 bits per heavy atom. The highest BCUT2D eigenvalue weighted by Crippen LogP contribution is 2.10. The highest BCUT2D eigenvalue weighted by Gasteiger charge is 2.11. The van der Waals surface area contributed by atoms with Gasteiger partial charge in [0.25, 0.3) is 0 Å². The van der Waals surface area contributed by atoms with Crippen LogP contribution < -0.4 is 0 Å². The number of hydrogen-bond donors (Lipinski definition) is 0. The van der Waals surface area contributed by atoms with Gasteiger partial charge in [0.05, 0.1) is 0 Å². The van der Waals surface area contributed by atoms with Crippen LogP contribution in [0, 0.1) is 0 Å². The summed E-state index contributed by atoms with van der Waals surface area (Å²) in [4.78, 5) is 28.8. The van der Waals surface area contributed by atoms with Crippen molar-refractivity contribution in [3.63, 3.8) is 0 Å². The number of esters is 2. The molecule has 0 saturated carbocycles. The van der Waals surface area contributed by atoms with E-state index in [4.69, 9.17) is 9.47 Å². The van der Waals surface area contributed by atoms with Crippen molar-refractivity contribution in [3.05, 3.63) is 0 Å². The van der Waals surface area contributed by atoms with Crippen molar-refractivity contribution in [2.75, 3.05) is 52.5 Å². The van der Waals surface area contributed by atoms with Crippen molar-refractivity contribution in [2.45, 2.75) is 130 Å². The molecule has 0 spiro atoms. The third-order valence-corrected chi connectivity index (χ3v) is 6.94. The molecular formula is C30H60N2O4. The molecule has 0 aromatic heterocycles. The zero-order chi connectivity index (χ0) is 26.7. The lowest BCUT2D eigenvalue weighted by Gasteiger charge is -2.26. The highest BCUT2D eigenvalue weighted by atomic mass is 16.5. The fourth-order valence-electron chi connectivity index (χ4n) is 4.33. The molecule has 0 unspecified atom stereocenters. The average Bonchev–Trinajstić information content (AvgIpc) is 2.87. The Labute approximate surface area is 223 Å². The highest BCUT2D eigenvalue weighted by molar-refractivity contribution is 5.69. The van der Waals surface area contributed by atoms with Gasteiger partial charge in [-0.25, -0.2) is 0 Å². The second-order valence-electron chi connectivity index (χ2n) is 10.1. The van der Waals surface area contributed by atoms with Gasteiger partial charge >= 0.3 is 11.9 Å². The second-order valence-corrected chi connectivity index (χ2v) is 10.1. The van der Waals surface area contributed by atoms with Crippen LogP contribution in [0.2, 0.25) is 0 Å². The van der Waals surface area contributed by atoms with Gasteiger partial charge in [-0.3, -0.25) is 14.5 Å². The number of ether oxygens (including phenoxy) is 2. The van der Waals surface area contributed by atoms with Gasteiger partial charge in [0.1, 0.15) is 13.2 Å². The van der Waals surface area contributed by atoms with E-state index < -0.39 is 0 Å². The minimum absolute atomic E-state index is 0.0895. The Balaban J connectivity index is 4.12.